The maximum absolute atomic E-state index is 13.4. The van der Waals surface area contributed by atoms with Gasteiger partial charge in [-0.25, -0.2) is 9.83 Å². The van der Waals surface area contributed by atoms with Crippen LogP contribution in [0.3, 0.4) is 0 Å². The molecule has 2 aromatic carbocycles. The van der Waals surface area contributed by atoms with Crippen molar-refractivity contribution in [2.75, 3.05) is 78.9 Å². The molecule has 0 bridgehead atoms. The first kappa shape index (κ1) is 39.0. The van der Waals surface area contributed by atoms with Crippen molar-refractivity contribution in [1.82, 2.24) is 20.1 Å². The lowest BCUT2D eigenvalue weighted by Gasteiger charge is -2.55. The van der Waals surface area contributed by atoms with Gasteiger partial charge in [-0.3, -0.25) is 34.2 Å². The van der Waals surface area contributed by atoms with E-state index in [2.05, 4.69) is 46.1 Å². The molecule has 14 nitrogen and oxygen atoms in total. The van der Waals surface area contributed by atoms with Gasteiger partial charge < -0.3 is 24.9 Å². The second-order valence-electron chi connectivity index (χ2n) is 17.2. The van der Waals surface area contributed by atoms with Crippen LogP contribution in [0.5, 0.6) is 0 Å². The molecule has 5 fully saturated rings. The van der Waals surface area contributed by atoms with Gasteiger partial charge in [0.05, 0.1) is 29.6 Å². The van der Waals surface area contributed by atoms with Gasteiger partial charge in [0.2, 0.25) is 23.4 Å². The Morgan fingerprint density at radius 1 is 0.814 bits per heavy atom. The van der Waals surface area contributed by atoms with Gasteiger partial charge in [0, 0.05) is 87.6 Å². The van der Waals surface area contributed by atoms with E-state index in [0.717, 1.165) is 119 Å². The molecule has 15 heteroatoms. The summed E-state index contributed by atoms with van der Waals surface area (Å²) in [5, 5.41) is 5.73. The number of rotatable bonds is 8. The second kappa shape index (κ2) is 15.9. The highest BCUT2D eigenvalue weighted by molar-refractivity contribution is 6.33. The standard InChI is InChI=1S/C44H48ClN9O5/c1-46-36-6-3-31(23-35(36)45)51-18-12-29(13-19-51)40(56)48-38-8-4-32(24-47-38)52-16-10-28(11-17-52)25-50-26-44(27-50)14-20-53(21-15-44)30-2-5-33-34(22-30)43(59)54(42(33)58)37-7-9-39(55)49-41(37)57/h2-6,8,22-24,28-29,37H,7,9-21,25-27H2,(H,47,48,56)(H,49,55,57). The van der Waals surface area contributed by atoms with Crippen LogP contribution in [0.1, 0.15) is 72.1 Å². The minimum absolute atomic E-state index is 0.00234. The van der Waals surface area contributed by atoms with E-state index in [9.17, 15) is 24.0 Å². The zero-order valence-electron chi connectivity index (χ0n) is 33.0. The number of pyridine rings is 1. The van der Waals surface area contributed by atoms with Crippen molar-refractivity contribution in [2.24, 2.45) is 17.3 Å². The summed E-state index contributed by atoms with van der Waals surface area (Å²) in [6.07, 6.45) is 8.00. The second-order valence-corrected chi connectivity index (χ2v) is 17.6. The Morgan fingerprint density at radius 3 is 2.14 bits per heavy atom. The average molecular weight is 818 g/mol. The van der Waals surface area contributed by atoms with E-state index >= 15 is 0 Å². The van der Waals surface area contributed by atoms with Crippen molar-refractivity contribution >= 4 is 69.7 Å². The Balaban J connectivity index is 0.691. The monoisotopic (exact) mass is 817 g/mol. The molecule has 9 rings (SSSR count). The Kier molecular flexibility index (Phi) is 10.5. The van der Waals surface area contributed by atoms with Crippen LogP contribution in [0.2, 0.25) is 5.02 Å². The maximum atomic E-state index is 13.4. The van der Waals surface area contributed by atoms with Gasteiger partial charge in [-0.15, -0.1) is 0 Å². The first-order valence-electron chi connectivity index (χ1n) is 20.8. The van der Waals surface area contributed by atoms with Crippen molar-refractivity contribution in [3.8, 4) is 0 Å². The van der Waals surface area contributed by atoms with Crippen LogP contribution in [0.4, 0.5) is 28.6 Å². The number of imide groups is 2. The van der Waals surface area contributed by atoms with Gasteiger partial charge in [0.15, 0.2) is 0 Å². The number of anilines is 4. The van der Waals surface area contributed by atoms with Gasteiger partial charge in [-0.05, 0) is 98.7 Å². The summed E-state index contributed by atoms with van der Waals surface area (Å²) >= 11 is 6.25. The molecule has 2 N–H and O–H groups in total. The van der Waals surface area contributed by atoms with Crippen molar-refractivity contribution in [3.05, 3.63) is 82.3 Å². The number of nitrogens with one attached hydrogen (secondary N) is 2. The quantitative estimate of drug-likeness (QED) is 0.226. The van der Waals surface area contributed by atoms with Gasteiger partial charge >= 0.3 is 0 Å². The summed E-state index contributed by atoms with van der Waals surface area (Å²) in [7, 11) is 0. The molecule has 7 heterocycles. The molecule has 1 spiro atoms. The Morgan fingerprint density at radius 2 is 1.46 bits per heavy atom. The molecule has 59 heavy (non-hydrogen) atoms. The lowest BCUT2D eigenvalue weighted by molar-refractivity contribution is -0.136. The lowest BCUT2D eigenvalue weighted by Crippen LogP contribution is -2.61. The summed E-state index contributed by atoms with van der Waals surface area (Å²) in [5.74, 6) is -0.776. The summed E-state index contributed by atoms with van der Waals surface area (Å²) in [4.78, 5) is 82.2. The number of hydrogen-bond acceptors (Lipinski definition) is 10. The number of piperidine rings is 4. The van der Waals surface area contributed by atoms with Crippen molar-refractivity contribution < 1.29 is 24.0 Å². The molecule has 6 aliphatic heterocycles. The predicted molar refractivity (Wildman–Crippen MR) is 224 cm³/mol. The number of likely N-dealkylation sites (tertiary alicyclic amines) is 1. The van der Waals surface area contributed by atoms with Crippen molar-refractivity contribution in [2.45, 2.75) is 57.4 Å². The van der Waals surface area contributed by atoms with Gasteiger partial charge in [-0.1, -0.05) is 17.7 Å². The Bertz CT molecular complexity index is 2210. The molecule has 5 amide bonds. The van der Waals surface area contributed by atoms with Crippen molar-refractivity contribution in [3.63, 3.8) is 0 Å². The number of carbonyl (C=O) groups excluding carboxylic acids is 5. The average Bonchev–Trinajstić information content (AvgIpc) is 3.48. The molecule has 5 saturated heterocycles. The summed E-state index contributed by atoms with van der Waals surface area (Å²) in [6.45, 7) is 15.8. The first-order chi connectivity index (χ1) is 28.6. The van der Waals surface area contributed by atoms with E-state index in [0.29, 0.717) is 39.0 Å². The molecule has 3 aromatic rings. The highest BCUT2D eigenvalue weighted by Crippen LogP contribution is 2.43. The number of hydrogen-bond donors (Lipinski definition) is 2. The van der Waals surface area contributed by atoms with E-state index in [1.165, 1.54) is 0 Å². The normalized spacial score (nSPS) is 22.6. The SMILES string of the molecule is [C-]#[N+]c1ccc(N2CCC(C(=O)Nc3ccc(N4CCC(CN5CC6(CCN(c7ccc8c(c7)C(=O)N(C7CCC(=O)NC7=O)C8=O)CC6)C5)CC4)cn3)CC2)cc1Cl. The molecule has 306 valence electrons. The third-order valence-corrected chi connectivity index (χ3v) is 13.8. The highest BCUT2D eigenvalue weighted by Gasteiger charge is 2.47. The minimum Gasteiger partial charge on any atom is -0.372 e. The van der Waals surface area contributed by atoms with E-state index in [1.807, 2.05) is 30.5 Å². The number of carbonyl (C=O) groups is 5. The molecule has 1 atom stereocenters. The summed E-state index contributed by atoms with van der Waals surface area (Å²) < 4.78 is 0. The van der Waals surface area contributed by atoms with Crippen LogP contribution in [0.15, 0.2) is 54.7 Å². The molecule has 0 saturated carbocycles. The molecule has 1 unspecified atom stereocenters. The van der Waals surface area contributed by atoms with Gasteiger partial charge in [-0.2, -0.15) is 0 Å². The topological polar surface area (TPSA) is 143 Å². The molecule has 0 aliphatic carbocycles. The Hall–Kier alpha value is -5.52. The van der Waals surface area contributed by atoms with E-state index < -0.39 is 23.8 Å². The third-order valence-electron chi connectivity index (χ3n) is 13.5. The smallest absolute Gasteiger partial charge is 0.262 e. The highest BCUT2D eigenvalue weighted by atomic mass is 35.5. The largest absolute Gasteiger partial charge is 0.372 e. The van der Waals surface area contributed by atoms with E-state index in [1.54, 1.807) is 18.2 Å². The summed E-state index contributed by atoms with van der Waals surface area (Å²) in [5.41, 5.74) is 4.39. The third kappa shape index (κ3) is 7.74. The van der Waals surface area contributed by atoms with Gasteiger partial charge in [0.25, 0.3) is 11.8 Å². The molecule has 6 aliphatic rings. The number of aromatic nitrogens is 1. The van der Waals surface area contributed by atoms with Crippen LogP contribution in [-0.4, -0.2) is 109 Å². The van der Waals surface area contributed by atoms with E-state index in [4.69, 9.17) is 18.2 Å². The van der Waals surface area contributed by atoms with Crippen LogP contribution < -0.4 is 25.3 Å². The fraction of sp³-hybridized carbons (Fsp3) is 0.477. The number of amides is 5. The molecule has 1 aromatic heterocycles. The fourth-order valence-corrected chi connectivity index (χ4v) is 10.3. The molecule has 0 radical (unpaired) electrons. The predicted octanol–water partition coefficient (Wildman–Crippen LogP) is 5.36. The van der Waals surface area contributed by atoms with Gasteiger partial charge in [0.1, 0.15) is 11.9 Å². The Labute approximate surface area is 348 Å². The summed E-state index contributed by atoms with van der Waals surface area (Å²) in [6, 6.07) is 13.9. The molecular formula is C44H48ClN9O5. The number of halogens is 1. The van der Waals surface area contributed by atoms with Crippen LogP contribution in [-0.2, 0) is 14.4 Å². The zero-order valence-corrected chi connectivity index (χ0v) is 33.8. The van der Waals surface area contributed by atoms with E-state index in [-0.39, 0.29) is 30.6 Å². The van der Waals surface area contributed by atoms with Crippen LogP contribution in [0.25, 0.3) is 4.85 Å². The molecular weight excluding hydrogens is 770 g/mol. The number of fused-ring (bicyclic) bond motifs is 1. The zero-order chi connectivity index (χ0) is 40.8. The minimum atomic E-state index is -0.962. The lowest BCUT2D eigenvalue weighted by atomic mass is 9.71. The van der Waals surface area contributed by atoms with Crippen LogP contribution in [0, 0.1) is 23.8 Å². The van der Waals surface area contributed by atoms with Crippen LogP contribution >= 0.6 is 11.6 Å². The maximum Gasteiger partial charge on any atom is 0.262 e. The van der Waals surface area contributed by atoms with Crippen molar-refractivity contribution in [1.29, 1.82) is 0 Å². The number of benzene rings is 2. The number of nitrogens with zero attached hydrogens (tertiary/aromatic N) is 7. The first-order valence-corrected chi connectivity index (χ1v) is 21.2. The fourth-order valence-electron chi connectivity index (χ4n) is 10.0.